The van der Waals surface area contributed by atoms with E-state index in [0.717, 1.165) is 12.1 Å². The van der Waals surface area contributed by atoms with Crippen LogP contribution < -0.4 is 10.6 Å². The van der Waals surface area contributed by atoms with E-state index in [0.29, 0.717) is 5.69 Å². The van der Waals surface area contributed by atoms with Crippen LogP contribution in [0.3, 0.4) is 0 Å². The Kier molecular flexibility index (Phi) is 6.75. The van der Waals surface area contributed by atoms with E-state index in [4.69, 9.17) is 4.74 Å². The minimum Gasteiger partial charge on any atom is -0.452 e. The Bertz CT molecular complexity index is 854. The van der Waals surface area contributed by atoms with Gasteiger partial charge in [-0.2, -0.15) is 13.2 Å². The zero-order valence-electron chi connectivity index (χ0n) is 14.7. The molecule has 148 valence electrons. The normalized spacial score (nSPS) is 12.0. The highest BCUT2D eigenvalue weighted by atomic mass is 19.4. The molecule has 2 rings (SSSR count). The molecule has 0 bridgehead atoms. The summed E-state index contributed by atoms with van der Waals surface area (Å²) in [6.07, 6.45) is -6.28. The Balaban J connectivity index is 1.86. The molecular weight excluding hydrogens is 377 g/mol. The number of nitrogens with one attached hydrogen (secondary N) is 2. The average Bonchev–Trinajstić information content (AvgIpc) is 2.61. The van der Waals surface area contributed by atoms with Crippen LogP contribution in [0.5, 0.6) is 0 Å². The van der Waals surface area contributed by atoms with Gasteiger partial charge in [-0.25, -0.2) is 4.79 Å². The number of hydrogen-bond acceptors (Lipinski definition) is 4. The Morgan fingerprint density at radius 1 is 1.04 bits per heavy atom. The molecule has 0 aliphatic heterocycles. The number of benzene rings is 2. The first kappa shape index (κ1) is 20.9. The highest BCUT2D eigenvalue weighted by molar-refractivity contribution is 6.02. The van der Waals surface area contributed by atoms with E-state index in [1.165, 1.54) is 19.1 Å². The SMILES string of the molecule is CC(OC(=O)Cc1cccc(C(F)(F)F)c1)C(=O)NC(=O)Nc1ccccc1. The average molecular weight is 394 g/mol. The van der Waals surface area contributed by atoms with E-state index in [2.05, 4.69) is 5.32 Å². The van der Waals surface area contributed by atoms with Crippen molar-refractivity contribution in [2.75, 3.05) is 5.32 Å². The first-order valence-electron chi connectivity index (χ1n) is 8.17. The summed E-state index contributed by atoms with van der Waals surface area (Å²) in [5.74, 6) is -1.77. The summed E-state index contributed by atoms with van der Waals surface area (Å²) in [4.78, 5) is 35.5. The molecule has 1 unspecified atom stereocenters. The van der Waals surface area contributed by atoms with Crippen molar-refractivity contribution in [2.24, 2.45) is 0 Å². The second kappa shape index (κ2) is 9.03. The summed E-state index contributed by atoms with van der Waals surface area (Å²) >= 11 is 0. The molecule has 1 atom stereocenters. The van der Waals surface area contributed by atoms with E-state index in [1.54, 1.807) is 30.3 Å². The summed E-state index contributed by atoms with van der Waals surface area (Å²) in [5, 5.41) is 4.43. The third-order valence-corrected chi connectivity index (χ3v) is 3.55. The van der Waals surface area contributed by atoms with Gasteiger partial charge in [0.1, 0.15) is 0 Å². The van der Waals surface area contributed by atoms with E-state index in [1.807, 2.05) is 5.32 Å². The number of ether oxygens (including phenoxy) is 1. The summed E-state index contributed by atoms with van der Waals surface area (Å²) in [7, 11) is 0. The Hall–Kier alpha value is -3.36. The van der Waals surface area contributed by atoms with Crippen molar-refractivity contribution < 1.29 is 32.3 Å². The fourth-order valence-corrected chi connectivity index (χ4v) is 2.21. The number of anilines is 1. The minimum absolute atomic E-state index is 0.0919. The van der Waals surface area contributed by atoms with Gasteiger partial charge in [-0.3, -0.25) is 14.9 Å². The maximum Gasteiger partial charge on any atom is 0.416 e. The van der Waals surface area contributed by atoms with Crippen molar-refractivity contribution in [1.29, 1.82) is 0 Å². The summed E-state index contributed by atoms with van der Waals surface area (Å²) in [5.41, 5.74) is -0.336. The number of alkyl halides is 3. The van der Waals surface area contributed by atoms with E-state index >= 15 is 0 Å². The summed E-state index contributed by atoms with van der Waals surface area (Å²) < 4.78 is 43.0. The third kappa shape index (κ3) is 6.42. The van der Waals surface area contributed by atoms with Crippen LogP contribution in [0.15, 0.2) is 54.6 Å². The number of halogens is 3. The van der Waals surface area contributed by atoms with E-state index in [-0.39, 0.29) is 5.56 Å². The lowest BCUT2D eigenvalue weighted by Gasteiger charge is -2.14. The van der Waals surface area contributed by atoms with Crippen LogP contribution in [-0.4, -0.2) is 24.0 Å². The lowest BCUT2D eigenvalue weighted by atomic mass is 10.1. The smallest absolute Gasteiger partial charge is 0.416 e. The van der Waals surface area contributed by atoms with Crippen LogP contribution in [0.2, 0.25) is 0 Å². The maximum absolute atomic E-state index is 12.7. The fraction of sp³-hybridized carbons (Fsp3) is 0.211. The molecule has 0 radical (unpaired) electrons. The highest BCUT2D eigenvalue weighted by Gasteiger charge is 2.30. The van der Waals surface area contributed by atoms with Crippen molar-refractivity contribution >= 4 is 23.6 Å². The number of esters is 1. The van der Waals surface area contributed by atoms with Gasteiger partial charge in [0.25, 0.3) is 5.91 Å². The maximum atomic E-state index is 12.7. The molecule has 0 aliphatic rings. The molecule has 0 spiro atoms. The van der Waals surface area contributed by atoms with Gasteiger partial charge in [0.2, 0.25) is 0 Å². The molecule has 0 aromatic heterocycles. The number of urea groups is 1. The van der Waals surface area contributed by atoms with E-state index < -0.39 is 42.2 Å². The molecule has 0 aliphatic carbocycles. The molecule has 0 saturated carbocycles. The van der Waals surface area contributed by atoms with Crippen LogP contribution in [0, 0.1) is 0 Å². The monoisotopic (exact) mass is 394 g/mol. The molecular formula is C19H17F3N2O4. The Morgan fingerprint density at radius 2 is 1.71 bits per heavy atom. The highest BCUT2D eigenvalue weighted by Crippen LogP contribution is 2.29. The standard InChI is InChI=1S/C19H17F3N2O4/c1-12(17(26)24-18(27)23-15-8-3-2-4-9-15)28-16(25)11-13-6-5-7-14(10-13)19(20,21)22/h2-10,12H,11H2,1H3,(H2,23,24,26,27). The second-order valence-corrected chi connectivity index (χ2v) is 5.82. The van der Waals surface area contributed by atoms with Gasteiger partial charge in [0.05, 0.1) is 12.0 Å². The van der Waals surface area contributed by atoms with Gasteiger partial charge in [0, 0.05) is 5.69 Å². The van der Waals surface area contributed by atoms with Crippen molar-refractivity contribution in [3.05, 3.63) is 65.7 Å². The van der Waals surface area contributed by atoms with Gasteiger partial charge in [-0.1, -0.05) is 36.4 Å². The van der Waals surface area contributed by atoms with Crippen LogP contribution >= 0.6 is 0 Å². The molecule has 9 heteroatoms. The molecule has 0 fully saturated rings. The first-order valence-corrected chi connectivity index (χ1v) is 8.17. The summed E-state index contributed by atoms with van der Waals surface area (Å²) in [6, 6.07) is 11.8. The molecule has 28 heavy (non-hydrogen) atoms. The quantitative estimate of drug-likeness (QED) is 0.760. The number of carbonyl (C=O) groups is 3. The Morgan fingerprint density at radius 3 is 2.36 bits per heavy atom. The fourth-order valence-electron chi connectivity index (χ4n) is 2.21. The van der Waals surface area contributed by atoms with E-state index in [9.17, 15) is 27.6 Å². The van der Waals surface area contributed by atoms with Crippen molar-refractivity contribution in [1.82, 2.24) is 5.32 Å². The second-order valence-electron chi connectivity index (χ2n) is 5.82. The van der Waals surface area contributed by atoms with Crippen LogP contribution in [0.4, 0.5) is 23.7 Å². The zero-order valence-corrected chi connectivity index (χ0v) is 14.7. The number of amides is 3. The molecule has 2 aromatic rings. The molecule has 2 N–H and O–H groups in total. The van der Waals surface area contributed by atoms with Gasteiger partial charge >= 0.3 is 18.2 Å². The summed E-state index contributed by atoms with van der Waals surface area (Å²) in [6.45, 7) is 1.25. The molecule has 6 nitrogen and oxygen atoms in total. The lowest BCUT2D eigenvalue weighted by Crippen LogP contribution is -2.41. The Labute approximate surface area is 158 Å². The number of imide groups is 1. The molecule has 0 saturated heterocycles. The first-order chi connectivity index (χ1) is 13.1. The van der Waals surface area contributed by atoms with Crippen molar-refractivity contribution in [3.63, 3.8) is 0 Å². The van der Waals surface area contributed by atoms with Crippen molar-refractivity contribution in [2.45, 2.75) is 25.6 Å². The van der Waals surface area contributed by atoms with Gasteiger partial charge in [-0.15, -0.1) is 0 Å². The van der Waals surface area contributed by atoms with Crippen LogP contribution in [-0.2, 0) is 26.9 Å². The molecule has 2 aromatic carbocycles. The van der Waals surface area contributed by atoms with Crippen LogP contribution in [0.1, 0.15) is 18.1 Å². The third-order valence-electron chi connectivity index (χ3n) is 3.55. The van der Waals surface area contributed by atoms with Crippen molar-refractivity contribution in [3.8, 4) is 0 Å². The number of hydrogen-bond donors (Lipinski definition) is 2. The number of carbonyl (C=O) groups excluding carboxylic acids is 3. The topological polar surface area (TPSA) is 84.5 Å². The lowest BCUT2D eigenvalue weighted by molar-refractivity contribution is -0.153. The minimum atomic E-state index is -4.53. The molecule has 0 heterocycles. The predicted octanol–water partition coefficient (Wildman–Crippen LogP) is 3.53. The molecule has 3 amide bonds. The van der Waals surface area contributed by atoms with Gasteiger partial charge in [0.15, 0.2) is 6.10 Å². The predicted molar refractivity (Wildman–Crippen MR) is 94.3 cm³/mol. The number of para-hydroxylation sites is 1. The van der Waals surface area contributed by atoms with Gasteiger partial charge in [-0.05, 0) is 30.7 Å². The van der Waals surface area contributed by atoms with Gasteiger partial charge < -0.3 is 10.1 Å². The van der Waals surface area contributed by atoms with Crippen LogP contribution in [0.25, 0.3) is 0 Å². The largest absolute Gasteiger partial charge is 0.452 e. The zero-order chi connectivity index (χ0) is 20.7. The number of rotatable bonds is 5.